The zero-order chi connectivity index (χ0) is 13.8. The second kappa shape index (κ2) is 6.55. The summed E-state index contributed by atoms with van der Waals surface area (Å²) in [6, 6.07) is 5.09. The Morgan fingerprint density at radius 2 is 2.30 bits per heavy atom. The van der Waals surface area contributed by atoms with Crippen LogP contribution < -0.4 is 10.2 Å². The van der Waals surface area contributed by atoms with E-state index in [9.17, 15) is 0 Å². The summed E-state index contributed by atoms with van der Waals surface area (Å²) in [5, 5.41) is 3.49. The van der Waals surface area contributed by atoms with Crippen LogP contribution in [0.3, 0.4) is 0 Å². The lowest BCUT2D eigenvalue weighted by Crippen LogP contribution is -2.39. The maximum absolute atomic E-state index is 5.08. The fourth-order valence-electron chi connectivity index (χ4n) is 3.36. The van der Waals surface area contributed by atoms with Gasteiger partial charge < -0.3 is 15.0 Å². The van der Waals surface area contributed by atoms with Crippen LogP contribution in [0.5, 0.6) is 0 Å². The first kappa shape index (κ1) is 13.8. The molecule has 1 unspecified atom stereocenters. The van der Waals surface area contributed by atoms with Crippen LogP contribution in [-0.4, -0.2) is 44.4 Å². The van der Waals surface area contributed by atoms with E-state index in [-0.39, 0.29) is 0 Å². The Hall–Kier alpha value is -1.13. The quantitative estimate of drug-likeness (QED) is 0.803. The Kier molecular flexibility index (Phi) is 4.53. The number of hydrogen-bond acceptors (Lipinski definition) is 4. The molecule has 0 saturated carbocycles. The number of ether oxygens (including phenoxy) is 1. The average molecular weight is 275 g/mol. The van der Waals surface area contributed by atoms with Gasteiger partial charge in [0.05, 0.1) is 6.61 Å². The highest BCUT2D eigenvalue weighted by Crippen LogP contribution is 2.27. The predicted molar refractivity (Wildman–Crippen MR) is 81.4 cm³/mol. The number of fused-ring (bicyclic) bond motifs is 1. The van der Waals surface area contributed by atoms with Gasteiger partial charge in [-0.05, 0) is 43.7 Å². The standard InChI is InChI=1S/C16H25N3O/c1-20-11-9-17-12-14-5-3-10-19(14)16-8-7-13-4-2-6-15(13)18-16/h7-8,14,17H,2-6,9-12H2,1H3. The lowest BCUT2D eigenvalue weighted by atomic mass is 10.2. The number of rotatable bonds is 6. The first-order valence-corrected chi connectivity index (χ1v) is 7.83. The molecule has 1 aliphatic heterocycles. The molecule has 1 saturated heterocycles. The minimum Gasteiger partial charge on any atom is -0.383 e. The molecule has 0 radical (unpaired) electrons. The van der Waals surface area contributed by atoms with Crippen LogP contribution in [0.1, 0.15) is 30.5 Å². The van der Waals surface area contributed by atoms with Gasteiger partial charge in [0.1, 0.15) is 5.82 Å². The largest absolute Gasteiger partial charge is 0.383 e. The highest BCUT2D eigenvalue weighted by molar-refractivity contribution is 5.45. The van der Waals surface area contributed by atoms with Gasteiger partial charge in [-0.25, -0.2) is 4.98 Å². The van der Waals surface area contributed by atoms with Gasteiger partial charge in [-0.2, -0.15) is 0 Å². The maximum Gasteiger partial charge on any atom is 0.129 e. The Balaban J connectivity index is 1.63. The van der Waals surface area contributed by atoms with Crippen molar-refractivity contribution in [3.05, 3.63) is 23.4 Å². The zero-order valence-corrected chi connectivity index (χ0v) is 12.4. The molecule has 1 aromatic heterocycles. The molecule has 1 aliphatic carbocycles. The van der Waals surface area contributed by atoms with Crippen molar-refractivity contribution in [2.45, 2.75) is 38.1 Å². The summed E-state index contributed by atoms with van der Waals surface area (Å²) >= 11 is 0. The van der Waals surface area contributed by atoms with Gasteiger partial charge in [-0.15, -0.1) is 0 Å². The highest BCUT2D eigenvalue weighted by Gasteiger charge is 2.26. The highest BCUT2D eigenvalue weighted by atomic mass is 16.5. The summed E-state index contributed by atoms with van der Waals surface area (Å²) in [7, 11) is 1.75. The molecule has 20 heavy (non-hydrogen) atoms. The molecule has 4 heteroatoms. The van der Waals surface area contributed by atoms with Crippen LogP contribution >= 0.6 is 0 Å². The zero-order valence-electron chi connectivity index (χ0n) is 12.4. The molecule has 0 spiro atoms. The Morgan fingerprint density at radius 3 is 3.20 bits per heavy atom. The summed E-state index contributed by atoms with van der Waals surface area (Å²) in [5.41, 5.74) is 2.79. The third-order valence-electron chi connectivity index (χ3n) is 4.45. The van der Waals surface area contributed by atoms with Crippen LogP contribution in [-0.2, 0) is 17.6 Å². The normalized spacial score (nSPS) is 21.4. The van der Waals surface area contributed by atoms with Crippen molar-refractivity contribution in [3.8, 4) is 0 Å². The fraction of sp³-hybridized carbons (Fsp3) is 0.688. The number of nitrogens with zero attached hydrogens (tertiary/aromatic N) is 2. The molecule has 2 heterocycles. The Morgan fingerprint density at radius 1 is 1.35 bits per heavy atom. The number of aryl methyl sites for hydroxylation is 2. The maximum atomic E-state index is 5.08. The van der Waals surface area contributed by atoms with Crippen molar-refractivity contribution in [3.63, 3.8) is 0 Å². The van der Waals surface area contributed by atoms with Crippen molar-refractivity contribution in [1.29, 1.82) is 0 Å². The number of anilines is 1. The molecular weight excluding hydrogens is 250 g/mol. The molecule has 2 aliphatic rings. The van der Waals surface area contributed by atoms with Gasteiger partial charge in [-0.3, -0.25) is 0 Å². The summed E-state index contributed by atoms with van der Waals surface area (Å²) in [5.74, 6) is 1.18. The molecule has 3 rings (SSSR count). The first-order valence-electron chi connectivity index (χ1n) is 7.83. The van der Waals surface area contributed by atoms with Crippen LogP contribution in [0.25, 0.3) is 0 Å². The number of nitrogens with one attached hydrogen (secondary N) is 1. The van der Waals surface area contributed by atoms with Crippen molar-refractivity contribution in [1.82, 2.24) is 10.3 Å². The second-order valence-electron chi connectivity index (χ2n) is 5.82. The number of pyridine rings is 1. The molecule has 1 fully saturated rings. The average Bonchev–Trinajstić information content (AvgIpc) is 3.11. The van der Waals surface area contributed by atoms with E-state index in [1.807, 2.05) is 0 Å². The molecule has 0 aromatic carbocycles. The van der Waals surface area contributed by atoms with E-state index in [1.54, 1.807) is 7.11 Å². The van der Waals surface area contributed by atoms with Crippen LogP contribution in [0, 0.1) is 0 Å². The van der Waals surface area contributed by atoms with E-state index >= 15 is 0 Å². The molecule has 1 N–H and O–H groups in total. The van der Waals surface area contributed by atoms with E-state index in [0.717, 1.165) is 32.7 Å². The third kappa shape index (κ3) is 2.96. The van der Waals surface area contributed by atoms with Crippen molar-refractivity contribution in [2.75, 3.05) is 38.3 Å². The Labute approximate surface area is 121 Å². The first-order chi connectivity index (χ1) is 9.88. The molecule has 0 bridgehead atoms. The summed E-state index contributed by atoms with van der Waals surface area (Å²) < 4.78 is 5.08. The molecular formula is C16H25N3O. The van der Waals surface area contributed by atoms with Gasteiger partial charge in [0.25, 0.3) is 0 Å². The van der Waals surface area contributed by atoms with E-state index < -0.39 is 0 Å². The number of aromatic nitrogens is 1. The SMILES string of the molecule is COCCNCC1CCCN1c1ccc2c(n1)CCC2. The van der Waals surface area contributed by atoms with E-state index in [2.05, 4.69) is 22.3 Å². The van der Waals surface area contributed by atoms with Gasteiger partial charge in [-0.1, -0.05) is 6.07 Å². The minimum atomic E-state index is 0.582. The number of methoxy groups -OCH3 is 1. The van der Waals surface area contributed by atoms with Gasteiger partial charge >= 0.3 is 0 Å². The van der Waals surface area contributed by atoms with Crippen molar-refractivity contribution >= 4 is 5.82 Å². The van der Waals surface area contributed by atoms with Crippen molar-refractivity contribution < 1.29 is 4.74 Å². The van der Waals surface area contributed by atoms with Gasteiger partial charge in [0, 0.05) is 38.5 Å². The van der Waals surface area contributed by atoms with Gasteiger partial charge in [0.15, 0.2) is 0 Å². The van der Waals surface area contributed by atoms with E-state index in [4.69, 9.17) is 9.72 Å². The molecule has 110 valence electrons. The number of hydrogen-bond donors (Lipinski definition) is 1. The fourth-order valence-corrected chi connectivity index (χ4v) is 3.36. The molecule has 0 amide bonds. The summed E-state index contributed by atoms with van der Waals surface area (Å²) in [6.07, 6.45) is 6.18. The van der Waals surface area contributed by atoms with Crippen LogP contribution in [0.15, 0.2) is 12.1 Å². The minimum absolute atomic E-state index is 0.582. The monoisotopic (exact) mass is 275 g/mol. The van der Waals surface area contributed by atoms with Crippen molar-refractivity contribution in [2.24, 2.45) is 0 Å². The molecule has 4 nitrogen and oxygen atoms in total. The van der Waals surface area contributed by atoms with E-state index in [1.165, 1.54) is 42.8 Å². The molecule has 1 aromatic rings. The lowest BCUT2D eigenvalue weighted by molar-refractivity contribution is 0.199. The van der Waals surface area contributed by atoms with E-state index in [0.29, 0.717) is 6.04 Å². The topological polar surface area (TPSA) is 37.4 Å². The predicted octanol–water partition coefficient (Wildman–Crippen LogP) is 1.78. The third-order valence-corrected chi connectivity index (χ3v) is 4.45. The van der Waals surface area contributed by atoms with Crippen LogP contribution in [0.4, 0.5) is 5.82 Å². The summed E-state index contributed by atoms with van der Waals surface area (Å²) in [6.45, 7) is 3.88. The van der Waals surface area contributed by atoms with Crippen LogP contribution in [0.2, 0.25) is 0 Å². The second-order valence-corrected chi connectivity index (χ2v) is 5.82. The lowest BCUT2D eigenvalue weighted by Gasteiger charge is -2.26. The Bertz CT molecular complexity index is 449. The smallest absolute Gasteiger partial charge is 0.129 e. The van der Waals surface area contributed by atoms with Gasteiger partial charge in [0.2, 0.25) is 0 Å². The summed E-state index contributed by atoms with van der Waals surface area (Å²) in [4.78, 5) is 7.39. The molecule has 1 atom stereocenters.